The number of ether oxygens (including phenoxy) is 1. The lowest BCUT2D eigenvalue weighted by molar-refractivity contribution is -0.289. The number of carbonyl (C=O) groups excluding carboxylic acids is 1. The van der Waals surface area contributed by atoms with Crippen molar-refractivity contribution in [2.75, 3.05) is 0 Å². The molecule has 4 N–H and O–H groups in total. The van der Waals surface area contributed by atoms with E-state index in [0.717, 1.165) is 32.1 Å². The third kappa shape index (κ3) is 2.72. The van der Waals surface area contributed by atoms with Crippen molar-refractivity contribution in [2.24, 2.45) is 17.3 Å². The minimum Gasteiger partial charge on any atom is -0.507 e. The maximum Gasteiger partial charge on any atom is 0.259 e. The average molecular weight is 416 g/mol. The summed E-state index contributed by atoms with van der Waals surface area (Å²) in [6.45, 7) is 4.29. The fourth-order valence-electron chi connectivity index (χ4n) is 6.60. The number of nitrogens with one attached hydrogen (secondary N) is 1. The summed E-state index contributed by atoms with van der Waals surface area (Å²) in [5.41, 5.74) is -0.962. The largest absolute Gasteiger partial charge is 0.507 e. The summed E-state index contributed by atoms with van der Waals surface area (Å²) in [5.74, 6) is 0.0625. The number of aromatic hydroxyl groups is 1. The van der Waals surface area contributed by atoms with Crippen LogP contribution in [0.25, 0.3) is 0 Å². The molecule has 2 bridgehead atoms. The molecule has 1 aromatic carbocycles. The van der Waals surface area contributed by atoms with Crippen LogP contribution in [0, 0.1) is 17.3 Å². The van der Waals surface area contributed by atoms with Crippen LogP contribution < -0.4 is 10.1 Å². The van der Waals surface area contributed by atoms with E-state index in [1.54, 1.807) is 6.07 Å². The van der Waals surface area contributed by atoms with Crippen LogP contribution in [-0.4, -0.2) is 39.0 Å². The van der Waals surface area contributed by atoms with Crippen LogP contribution in [0.2, 0.25) is 0 Å². The van der Waals surface area contributed by atoms with Gasteiger partial charge in [0.05, 0.1) is 0 Å². The zero-order chi connectivity index (χ0) is 21.3. The summed E-state index contributed by atoms with van der Waals surface area (Å²) in [6.07, 6.45) is 6.21. The third-order valence-electron chi connectivity index (χ3n) is 8.62. The summed E-state index contributed by atoms with van der Waals surface area (Å²) in [5, 5.41) is 36.5. The van der Waals surface area contributed by atoms with E-state index < -0.39 is 17.8 Å². The second-order valence-corrected chi connectivity index (χ2v) is 10.5. The van der Waals surface area contributed by atoms with Crippen LogP contribution in [0.5, 0.6) is 11.5 Å². The molecule has 4 saturated carbocycles. The molecule has 6 nitrogen and oxygen atoms in total. The summed E-state index contributed by atoms with van der Waals surface area (Å²) in [6, 6.07) is 3.09. The Bertz CT molecular complexity index is 859. The third-order valence-corrected chi connectivity index (χ3v) is 8.62. The van der Waals surface area contributed by atoms with Gasteiger partial charge >= 0.3 is 0 Å². The van der Waals surface area contributed by atoms with E-state index in [1.807, 2.05) is 0 Å². The maximum absolute atomic E-state index is 13.1. The minimum atomic E-state index is -1.38. The Hall–Kier alpha value is -1.79. The predicted molar refractivity (Wildman–Crippen MR) is 111 cm³/mol. The van der Waals surface area contributed by atoms with Gasteiger partial charge in [-0.3, -0.25) is 4.79 Å². The van der Waals surface area contributed by atoms with Crippen molar-refractivity contribution in [3.63, 3.8) is 0 Å². The zero-order valence-corrected chi connectivity index (χ0v) is 17.9. The van der Waals surface area contributed by atoms with Gasteiger partial charge in [0, 0.05) is 11.6 Å². The second-order valence-electron chi connectivity index (χ2n) is 10.5. The molecule has 0 saturated heterocycles. The van der Waals surface area contributed by atoms with Crippen molar-refractivity contribution in [3.8, 4) is 11.5 Å². The molecular formula is C24H33NO5. The lowest BCUT2D eigenvalue weighted by Gasteiger charge is -2.67. The Kier molecular flexibility index (Phi) is 4.60. The standard InChI is InChI=1S/C24H33NO5/c1-23(2)13-11-17(23)24(29)18(12-13)30-20-15(21(24)27)9-10-16(26)19(20)22(28)25-14-7-5-3-4-6-8-14/h9-10,13-14,17-18,21,26-27,29H,3-8,11-12H2,1-2H3,(H,25,28)/t13-,17-,18-,21+,24-/m1/s1. The van der Waals surface area contributed by atoms with Crippen LogP contribution in [-0.2, 0) is 0 Å². The molecule has 1 amide bonds. The van der Waals surface area contributed by atoms with E-state index in [2.05, 4.69) is 19.2 Å². The molecular weight excluding hydrogens is 382 g/mol. The van der Waals surface area contributed by atoms with Crippen LogP contribution >= 0.6 is 0 Å². The van der Waals surface area contributed by atoms with Crippen LogP contribution in [0.3, 0.4) is 0 Å². The number of benzene rings is 1. The first-order chi connectivity index (χ1) is 14.2. The lowest BCUT2D eigenvalue weighted by atomic mass is 9.42. The van der Waals surface area contributed by atoms with Gasteiger partial charge in [0.25, 0.3) is 5.91 Å². The van der Waals surface area contributed by atoms with E-state index in [4.69, 9.17) is 4.74 Å². The molecule has 164 valence electrons. The molecule has 1 aromatic rings. The second kappa shape index (κ2) is 6.86. The lowest BCUT2D eigenvalue weighted by Crippen LogP contribution is -2.72. The Labute approximate surface area is 177 Å². The first-order valence-electron chi connectivity index (χ1n) is 11.5. The van der Waals surface area contributed by atoms with Gasteiger partial charge in [-0.25, -0.2) is 0 Å². The molecule has 4 fully saturated rings. The Morgan fingerprint density at radius 2 is 1.83 bits per heavy atom. The van der Waals surface area contributed by atoms with Crippen molar-refractivity contribution in [1.82, 2.24) is 5.32 Å². The van der Waals surface area contributed by atoms with Gasteiger partial charge in [-0.1, -0.05) is 39.5 Å². The first-order valence-corrected chi connectivity index (χ1v) is 11.5. The van der Waals surface area contributed by atoms with E-state index in [1.165, 1.54) is 18.9 Å². The van der Waals surface area contributed by atoms with Gasteiger partial charge < -0.3 is 25.4 Å². The summed E-state index contributed by atoms with van der Waals surface area (Å²) in [7, 11) is 0. The number of hydrogen-bond donors (Lipinski definition) is 4. The molecule has 1 aliphatic heterocycles. The van der Waals surface area contributed by atoms with Crippen molar-refractivity contribution in [1.29, 1.82) is 0 Å². The van der Waals surface area contributed by atoms with Crippen molar-refractivity contribution < 1.29 is 24.9 Å². The number of rotatable bonds is 2. The van der Waals surface area contributed by atoms with Gasteiger partial charge in [0.1, 0.15) is 34.9 Å². The molecule has 0 radical (unpaired) electrons. The fraction of sp³-hybridized carbons (Fsp3) is 0.708. The predicted octanol–water partition coefficient (Wildman–Crippen LogP) is 3.44. The van der Waals surface area contributed by atoms with Gasteiger partial charge in [-0.05, 0) is 55.1 Å². The summed E-state index contributed by atoms with van der Waals surface area (Å²) < 4.78 is 6.22. The number of phenolic OH excluding ortho intramolecular Hbond substituents is 1. The number of aliphatic hydroxyl groups excluding tert-OH is 1. The molecule has 1 heterocycles. The van der Waals surface area contributed by atoms with Crippen molar-refractivity contribution in [3.05, 3.63) is 23.3 Å². The molecule has 6 heteroatoms. The molecule has 5 aliphatic rings. The summed E-state index contributed by atoms with van der Waals surface area (Å²) >= 11 is 0. The highest BCUT2D eigenvalue weighted by Crippen LogP contribution is 2.67. The highest BCUT2D eigenvalue weighted by Gasteiger charge is 2.69. The molecule has 0 spiro atoms. The Morgan fingerprint density at radius 3 is 2.50 bits per heavy atom. The molecule has 0 unspecified atom stereocenters. The van der Waals surface area contributed by atoms with Gasteiger partial charge in [-0.15, -0.1) is 0 Å². The van der Waals surface area contributed by atoms with Crippen molar-refractivity contribution >= 4 is 5.91 Å². The highest BCUT2D eigenvalue weighted by atomic mass is 16.5. The van der Waals surface area contributed by atoms with Crippen LogP contribution in [0.1, 0.15) is 87.2 Å². The number of hydrogen-bond acceptors (Lipinski definition) is 5. The van der Waals surface area contributed by atoms with Gasteiger partial charge in [0.15, 0.2) is 0 Å². The minimum absolute atomic E-state index is 0.0519. The Morgan fingerprint density at radius 1 is 1.13 bits per heavy atom. The fourth-order valence-corrected chi connectivity index (χ4v) is 6.60. The van der Waals surface area contributed by atoms with E-state index in [9.17, 15) is 20.1 Å². The highest BCUT2D eigenvalue weighted by molar-refractivity contribution is 6.00. The Balaban J connectivity index is 1.49. The van der Waals surface area contributed by atoms with E-state index in [-0.39, 0.29) is 40.3 Å². The van der Waals surface area contributed by atoms with Gasteiger partial charge in [-0.2, -0.15) is 0 Å². The first kappa shape index (κ1) is 20.1. The molecule has 4 aliphatic carbocycles. The normalized spacial score (nSPS) is 37.1. The average Bonchev–Trinajstić information content (AvgIpc) is 2.96. The van der Waals surface area contributed by atoms with E-state index in [0.29, 0.717) is 17.9 Å². The number of fused-ring (bicyclic) bond motifs is 1. The molecule has 0 aromatic heterocycles. The van der Waals surface area contributed by atoms with Crippen molar-refractivity contribution in [2.45, 2.75) is 89.1 Å². The number of phenols is 1. The summed E-state index contributed by atoms with van der Waals surface area (Å²) in [4.78, 5) is 13.1. The number of carbonyl (C=O) groups is 1. The molecule has 5 atom stereocenters. The monoisotopic (exact) mass is 415 g/mol. The maximum atomic E-state index is 13.1. The van der Waals surface area contributed by atoms with Crippen LogP contribution in [0.4, 0.5) is 0 Å². The number of amides is 1. The number of aliphatic hydroxyl groups is 2. The SMILES string of the molecule is CC1(C)[C@@H]2C[C@H]1[C@@]1(O)[C@@H](C2)Oc2c(ccc(O)c2C(=O)NC2CCCCCC2)[C@@H]1O. The van der Waals surface area contributed by atoms with Crippen LogP contribution in [0.15, 0.2) is 12.1 Å². The van der Waals surface area contributed by atoms with E-state index >= 15 is 0 Å². The van der Waals surface area contributed by atoms with Gasteiger partial charge in [0.2, 0.25) is 0 Å². The quantitative estimate of drug-likeness (QED) is 0.555. The smallest absolute Gasteiger partial charge is 0.259 e. The zero-order valence-electron chi connectivity index (χ0n) is 17.9. The molecule has 6 rings (SSSR count). The topological polar surface area (TPSA) is 99.0 Å². The molecule has 30 heavy (non-hydrogen) atoms.